The predicted molar refractivity (Wildman–Crippen MR) is 160 cm³/mol. The molecule has 2 aliphatic rings. The fourth-order valence-electron chi connectivity index (χ4n) is 6.39. The normalized spacial score (nSPS) is 15.9. The second kappa shape index (κ2) is 10.4. The van der Waals surface area contributed by atoms with Gasteiger partial charge >= 0.3 is 5.97 Å². The lowest BCUT2D eigenvalue weighted by atomic mass is 9.83. The number of aromatic nitrogens is 2. The number of aromatic carboxylic acids is 1. The van der Waals surface area contributed by atoms with Crippen molar-refractivity contribution >= 4 is 44.3 Å². The van der Waals surface area contributed by atoms with Crippen LogP contribution < -0.4 is 0 Å². The van der Waals surface area contributed by atoms with Gasteiger partial charge in [0.2, 0.25) is 5.91 Å². The number of amides is 1. The summed E-state index contributed by atoms with van der Waals surface area (Å²) in [4.78, 5) is 32.2. The van der Waals surface area contributed by atoms with Crippen LogP contribution in [0.5, 0.6) is 0 Å². The Bertz CT molecular complexity index is 1810. The maximum Gasteiger partial charge on any atom is 0.345 e. The van der Waals surface area contributed by atoms with Gasteiger partial charge in [0.05, 0.1) is 27.1 Å². The van der Waals surface area contributed by atoms with Crippen LogP contribution in [0, 0.1) is 5.82 Å². The van der Waals surface area contributed by atoms with E-state index in [1.54, 1.807) is 24.3 Å². The van der Waals surface area contributed by atoms with Crippen molar-refractivity contribution in [1.82, 2.24) is 14.5 Å². The number of likely N-dealkylation sites (tertiary alicyclic amines) is 1. The van der Waals surface area contributed by atoms with E-state index in [0.717, 1.165) is 77.6 Å². The molecule has 8 heteroatoms. The third-order valence-electron chi connectivity index (χ3n) is 8.61. The average Bonchev–Trinajstić information content (AvgIpc) is 3.51. The van der Waals surface area contributed by atoms with Crippen LogP contribution in [0.2, 0.25) is 0 Å². The summed E-state index contributed by atoms with van der Waals surface area (Å²) in [6.45, 7) is 1.71. The van der Waals surface area contributed by atoms with Crippen molar-refractivity contribution in [3.8, 4) is 22.5 Å². The molecule has 4 heterocycles. The van der Waals surface area contributed by atoms with Crippen LogP contribution in [-0.4, -0.2) is 44.5 Å². The first kappa shape index (κ1) is 25.9. The molecule has 1 saturated heterocycles. The van der Waals surface area contributed by atoms with Crippen LogP contribution in [0.1, 0.15) is 59.7 Å². The largest absolute Gasteiger partial charge is 0.477 e. The van der Waals surface area contributed by atoms with Gasteiger partial charge in [0.15, 0.2) is 0 Å². The van der Waals surface area contributed by atoms with Gasteiger partial charge < -0.3 is 14.6 Å². The minimum absolute atomic E-state index is 0.0599. The number of halogens is 1. The molecule has 0 spiro atoms. The first-order valence-electron chi connectivity index (χ1n) is 14.3. The number of hydrogen-bond donors (Lipinski definition) is 1. The van der Waals surface area contributed by atoms with E-state index < -0.39 is 5.97 Å². The molecule has 2 aromatic carbocycles. The van der Waals surface area contributed by atoms with Gasteiger partial charge in [0.25, 0.3) is 0 Å². The van der Waals surface area contributed by atoms with Crippen LogP contribution in [-0.2, 0) is 11.3 Å². The van der Waals surface area contributed by atoms with E-state index >= 15 is 0 Å². The van der Waals surface area contributed by atoms with E-state index in [0.29, 0.717) is 22.1 Å². The Hall–Kier alpha value is -4.04. The number of carboxylic acid groups (broad SMARTS) is 1. The van der Waals surface area contributed by atoms with Crippen molar-refractivity contribution in [3.63, 3.8) is 0 Å². The lowest BCUT2D eigenvalue weighted by Crippen LogP contribution is -2.43. The Morgan fingerprint density at radius 2 is 1.78 bits per heavy atom. The van der Waals surface area contributed by atoms with Gasteiger partial charge in [-0.2, -0.15) is 0 Å². The van der Waals surface area contributed by atoms with E-state index in [2.05, 4.69) is 10.6 Å². The number of rotatable bonds is 6. The second-order valence-corrected chi connectivity index (χ2v) is 12.2. The van der Waals surface area contributed by atoms with E-state index in [1.807, 2.05) is 29.2 Å². The van der Waals surface area contributed by atoms with Crippen LogP contribution in [0.3, 0.4) is 0 Å². The number of hydrogen-bond acceptors (Lipinski definition) is 4. The standard InChI is InChI=1S/C33H30FN3O3S/c34-24-10-5-4-9-23(24)26-14-11-21-17-22(12-13-25(21)35-26)31-30(20-7-2-1-3-8-20)32-27(18-28(41-32)33(39)40)37(31)19-29(38)36-15-6-16-36/h4-5,9-14,17-18,20H,1-3,6-8,15-16,19H2,(H,39,40). The Morgan fingerprint density at radius 3 is 2.51 bits per heavy atom. The zero-order chi connectivity index (χ0) is 28.1. The molecule has 1 saturated carbocycles. The third-order valence-corrected chi connectivity index (χ3v) is 9.76. The van der Waals surface area contributed by atoms with Crippen molar-refractivity contribution in [2.24, 2.45) is 0 Å². The van der Waals surface area contributed by atoms with Crippen molar-refractivity contribution < 1.29 is 19.1 Å². The van der Waals surface area contributed by atoms with E-state index in [1.165, 1.54) is 29.4 Å². The number of thiophene rings is 1. The van der Waals surface area contributed by atoms with Crippen molar-refractivity contribution in [3.05, 3.63) is 76.9 Å². The summed E-state index contributed by atoms with van der Waals surface area (Å²) < 4.78 is 17.5. The maximum atomic E-state index is 14.5. The predicted octanol–water partition coefficient (Wildman–Crippen LogP) is 7.70. The highest BCUT2D eigenvalue weighted by molar-refractivity contribution is 7.21. The lowest BCUT2D eigenvalue weighted by molar-refractivity contribution is -0.135. The van der Waals surface area contributed by atoms with Gasteiger partial charge in [-0.05, 0) is 72.7 Å². The second-order valence-electron chi connectivity index (χ2n) is 11.1. The fraction of sp³-hybridized carbons (Fsp3) is 0.303. The molecule has 1 amide bonds. The summed E-state index contributed by atoms with van der Waals surface area (Å²) >= 11 is 1.32. The van der Waals surface area contributed by atoms with Gasteiger partial charge in [-0.1, -0.05) is 43.5 Å². The molecule has 7 rings (SSSR count). The number of carbonyl (C=O) groups is 2. The molecular weight excluding hydrogens is 537 g/mol. The van der Waals surface area contributed by atoms with Gasteiger partial charge in [-0.15, -0.1) is 11.3 Å². The topological polar surface area (TPSA) is 75.4 Å². The Kier molecular flexibility index (Phi) is 6.58. The summed E-state index contributed by atoms with van der Waals surface area (Å²) in [6.07, 6.45) is 6.60. The highest BCUT2D eigenvalue weighted by Crippen LogP contribution is 2.47. The molecule has 41 heavy (non-hydrogen) atoms. The summed E-state index contributed by atoms with van der Waals surface area (Å²) in [7, 11) is 0. The molecule has 5 aromatic rings. The van der Waals surface area contributed by atoms with E-state index in [4.69, 9.17) is 4.98 Å². The molecular formula is C33H30FN3O3S. The number of fused-ring (bicyclic) bond motifs is 2. The Balaban J connectivity index is 1.40. The summed E-state index contributed by atoms with van der Waals surface area (Å²) in [6, 6.07) is 18.3. The van der Waals surface area contributed by atoms with Gasteiger partial charge in [-0.3, -0.25) is 4.79 Å². The molecule has 0 atom stereocenters. The van der Waals surface area contributed by atoms with Gasteiger partial charge in [0, 0.05) is 24.0 Å². The van der Waals surface area contributed by atoms with Gasteiger partial charge in [0.1, 0.15) is 17.2 Å². The van der Waals surface area contributed by atoms with Gasteiger partial charge in [-0.25, -0.2) is 14.2 Å². The molecule has 1 aliphatic heterocycles. The summed E-state index contributed by atoms with van der Waals surface area (Å²) in [5, 5.41) is 10.8. The molecule has 3 aromatic heterocycles. The number of pyridine rings is 1. The van der Waals surface area contributed by atoms with Crippen LogP contribution in [0.15, 0.2) is 60.7 Å². The molecule has 6 nitrogen and oxygen atoms in total. The smallest absolute Gasteiger partial charge is 0.345 e. The highest BCUT2D eigenvalue weighted by Gasteiger charge is 2.31. The Morgan fingerprint density at radius 1 is 0.976 bits per heavy atom. The number of benzene rings is 2. The summed E-state index contributed by atoms with van der Waals surface area (Å²) in [5.74, 6) is -0.882. The zero-order valence-electron chi connectivity index (χ0n) is 22.6. The number of carbonyl (C=O) groups excluding carboxylic acids is 1. The van der Waals surface area contributed by atoms with Crippen molar-refractivity contribution in [2.45, 2.75) is 51.0 Å². The van der Waals surface area contributed by atoms with Crippen LogP contribution in [0.4, 0.5) is 4.39 Å². The third kappa shape index (κ3) is 4.60. The lowest BCUT2D eigenvalue weighted by Gasteiger charge is -2.31. The molecule has 208 valence electrons. The highest BCUT2D eigenvalue weighted by atomic mass is 32.1. The molecule has 1 N–H and O–H groups in total. The molecule has 2 fully saturated rings. The fourth-order valence-corrected chi connectivity index (χ4v) is 7.52. The van der Waals surface area contributed by atoms with E-state index in [9.17, 15) is 19.1 Å². The molecule has 1 aliphatic carbocycles. The zero-order valence-corrected chi connectivity index (χ0v) is 23.4. The van der Waals surface area contributed by atoms with Crippen LogP contribution in [0.25, 0.3) is 43.6 Å². The van der Waals surface area contributed by atoms with E-state index in [-0.39, 0.29) is 18.3 Å². The van der Waals surface area contributed by atoms with Crippen molar-refractivity contribution in [2.75, 3.05) is 13.1 Å². The Labute approximate surface area is 241 Å². The molecule has 0 bridgehead atoms. The minimum atomic E-state index is -0.939. The maximum absolute atomic E-state index is 14.5. The number of nitrogens with zero attached hydrogens (tertiary/aromatic N) is 3. The monoisotopic (exact) mass is 567 g/mol. The minimum Gasteiger partial charge on any atom is -0.477 e. The van der Waals surface area contributed by atoms with Crippen LogP contribution >= 0.6 is 11.3 Å². The number of carboxylic acids is 1. The summed E-state index contributed by atoms with van der Waals surface area (Å²) in [5.41, 5.74) is 5.79. The SMILES string of the molecule is O=C(O)c1cc2c(s1)c(C1CCCCC1)c(-c1ccc3nc(-c4ccccc4F)ccc3c1)n2CC(=O)N1CCC1. The van der Waals surface area contributed by atoms with Crippen molar-refractivity contribution in [1.29, 1.82) is 0 Å². The average molecular weight is 568 g/mol. The quantitative estimate of drug-likeness (QED) is 0.228. The first-order valence-corrected chi connectivity index (χ1v) is 15.1. The first-order chi connectivity index (χ1) is 20.0. The molecule has 0 radical (unpaired) electrons. The molecule has 0 unspecified atom stereocenters.